The molecule has 0 fully saturated rings. The molecule has 0 aromatic heterocycles. The summed E-state index contributed by atoms with van der Waals surface area (Å²) in [6.07, 6.45) is 8.03. The summed E-state index contributed by atoms with van der Waals surface area (Å²) in [4.78, 5) is 25.0. The number of urea groups is 1. The quantitative estimate of drug-likeness (QED) is 0.746. The lowest BCUT2D eigenvalue weighted by atomic mass is 9.97. The molecule has 6 heteroatoms. The molecule has 0 spiro atoms. The van der Waals surface area contributed by atoms with Crippen LogP contribution in [-0.2, 0) is 4.79 Å². The Balaban J connectivity index is 1.75. The zero-order chi connectivity index (χ0) is 18.1. The van der Waals surface area contributed by atoms with E-state index in [2.05, 4.69) is 16.7 Å². The number of carbonyl (C=O) groups excluding carboxylic acids is 2. The van der Waals surface area contributed by atoms with E-state index in [1.165, 1.54) is 23.3 Å². The average molecular weight is 345 g/mol. The molecule has 0 radical (unpaired) electrons. The predicted molar refractivity (Wildman–Crippen MR) is 98.8 cm³/mol. The maximum atomic E-state index is 12.0. The number of anilines is 1. The molecule has 0 atom stereocenters. The highest BCUT2D eigenvalue weighted by Gasteiger charge is 2.07. The van der Waals surface area contributed by atoms with Crippen LogP contribution in [0.3, 0.4) is 0 Å². The smallest absolute Gasteiger partial charge is 0.319 e. The monoisotopic (exact) mass is 345 g/mol. The van der Waals surface area contributed by atoms with Gasteiger partial charge in [0.2, 0.25) is 0 Å². The van der Waals surface area contributed by atoms with Gasteiger partial charge in [-0.05, 0) is 44.2 Å². The molecular formula is C19H27N3O3. The number of likely N-dealkylation sites (N-methyl/N-ethyl adjacent to an activating group) is 1. The largest absolute Gasteiger partial charge is 0.484 e. The van der Waals surface area contributed by atoms with Crippen LogP contribution < -0.4 is 15.4 Å². The van der Waals surface area contributed by atoms with Gasteiger partial charge < -0.3 is 20.3 Å². The predicted octanol–water partition coefficient (Wildman–Crippen LogP) is 3.17. The van der Waals surface area contributed by atoms with E-state index in [9.17, 15) is 9.59 Å². The number of allylic oxidation sites excluding steroid dienone is 1. The van der Waals surface area contributed by atoms with Crippen LogP contribution in [0.25, 0.3) is 0 Å². The molecule has 1 aliphatic carbocycles. The van der Waals surface area contributed by atoms with Crippen molar-refractivity contribution in [2.45, 2.75) is 32.1 Å². The normalized spacial score (nSPS) is 13.6. The first-order valence-corrected chi connectivity index (χ1v) is 8.70. The van der Waals surface area contributed by atoms with E-state index in [4.69, 9.17) is 4.74 Å². The minimum Gasteiger partial charge on any atom is -0.484 e. The van der Waals surface area contributed by atoms with Crippen molar-refractivity contribution in [1.82, 2.24) is 10.2 Å². The molecule has 136 valence electrons. The molecule has 1 aliphatic rings. The van der Waals surface area contributed by atoms with Crippen molar-refractivity contribution >= 4 is 17.6 Å². The van der Waals surface area contributed by atoms with Crippen molar-refractivity contribution in [3.8, 4) is 5.75 Å². The fourth-order valence-electron chi connectivity index (χ4n) is 2.58. The van der Waals surface area contributed by atoms with E-state index in [0.29, 0.717) is 18.0 Å². The van der Waals surface area contributed by atoms with Crippen molar-refractivity contribution in [2.75, 3.05) is 32.6 Å². The Kier molecular flexibility index (Phi) is 7.32. The summed E-state index contributed by atoms with van der Waals surface area (Å²) in [5.74, 6) is 0.425. The van der Waals surface area contributed by atoms with Gasteiger partial charge in [0.25, 0.3) is 5.91 Å². The number of benzene rings is 1. The molecule has 0 aliphatic heterocycles. The van der Waals surface area contributed by atoms with Crippen LogP contribution in [0.4, 0.5) is 10.5 Å². The summed E-state index contributed by atoms with van der Waals surface area (Å²) in [6, 6.07) is 6.77. The Morgan fingerprint density at radius 3 is 2.80 bits per heavy atom. The number of hydrogen-bond acceptors (Lipinski definition) is 3. The lowest BCUT2D eigenvalue weighted by Crippen LogP contribution is -2.30. The minimum atomic E-state index is -0.238. The lowest BCUT2D eigenvalue weighted by molar-refractivity contribution is -0.130. The molecule has 1 aromatic rings. The van der Waals surface area contributed by atoms with E-state index < -0.39 is 0 Å². The van der Waals surface area contributed by atoms with E-state index in [1.807, 2.05) is 0 Å². The molecule has 2 N–H and O–H groups in total. The number of amides is 3. The Bertz CT molecular complexity index is 626. The summed E-state index contributed by atoms with van der Waals surface area (Å²) < 4.78 is 5.44. The second-order valence-electron chi connectivity index (χ2n) is 6.34. The van der Waals surface area contributed by atoms with Crippen LogP contribution in [0, 0.1) is 0 Å². The van der Waals surface area contributed by atoms with Gasteiger partial charge in [0, 0.05) is 32.4 Å². The van der Waals surface area contributed by atoms with E-state index in [-0.39, 0.29) is 18.5 Å². The highest BCUT2D eigenvalue weighted by molar-refractivity contribution is 5.89. The first kappa shape index (κ1) is 18.8. The van der Waals surface area contributed by atoms with Gasteiger partial charge in [-0.1, -0.05) is 17.7 Å². The standard InChI is InChI=1S/C19H27N3O3/c1-22(2)18(23)14-25-17-10-6-9-16(13-17)21-19(24)20-12-11-15-7-4-3-5-8-15/h6-7,9-10,13H,3-5,8,11-12,14H2,1-2H3,(H2,20,21,24). The van der Waals surface area contributed by atoms with Crippen molar-refractivity contribution in [3.05, 3.63) is 35.9 Å². The third-order valence-electron chi connectivity index (χ3n) is 4.07. The number of carbonyl (C=O) groups is 2. The van der Waals surface area contributed by atoms with Crippen LogP contribution in [0.5, 0.6) is 5.75 Å². The van der Waals surface area contributed by atoms with Gasteiger partial charge in [-0.25, -0.2) is 4.79 Å². The third-order valence-corrected chi connectivity index (χ3v) is 4.07. The first-order valence-electron chi connectivity index (χ1n) is 8.70. The summed E-state index contributed by atoms with van der Waals surface area (Å²) in [7, 11) is 3.36. The molecule has 1 aromatic carbocycles. The van der Waals surface area contributed by atoms with Crippen LogP contribution in [0.15, 0.2) is 35.9 Å². The van der Waals surface area contributed by atoms with Gasteiger partial charge in [-0.15, -0.1) is 0 Å². The lowest BCUT2D eigenvalue weighted by Gasteiger charge is -2.14. The fraction of sp³-hybridized carbons (Fsp3) is 0.474. The van der Waals surface area contributed by atoms with E-state index in [0.717, 1.165) is 19.3 Å². The number of nitrogens with zero attached hydrogens (tertiary/aromatic N) is 1. The number of hydrogen-bond donors (Lipinski definition) is 2. The highest BCUT2D eigenvalue weighted by Crippen LogP contribution is 2.19. The third kappa shape index (κ3) is 6.87. The molecular weight excluding hydrogens is 318 g/mol. The molecule has 0 heterocycles. The summed E-state index contributed by atoms with van der Waals surface area (Å²) in [5, 5.41) is 5.66. The fourth-order valence-corrected chi connectivity index (χ4v) is 2.58. The average Bonchev–Trinajstić information content (AvgIpc) is 2.60. The topological polar surface area (TPSA) is 70.7 Å². The second kappa shape index (κ2) is 9.71. The molecule has 3 amide bonds. The zero-order valence-corrected chi connectivity index (χ0v) is 15.0. The molecule has 25 heavy (non-hydrogen) atoms. The van der Waals surface area contributed by atoms with Crippen LogP contribution >= 0.6 is 0 Å². The number of rotatable bonds is 7. The van der Waals surface area contributed by atoms with Gasteiger partial charge >= 0.3 is 6.03 Å². The zero-order valence-electron chi connectivity index (χ0n) is 15.0. The molecule has 0 saturated heterocycles. The highest BCUT2D eigenvalue weighted by atomic mass is 16.5. The van der Waals surface area contributed by atoms with Crippen molar-refractivity contribution < 1.29 is 14.3 Å². The Morgan fingerprint density at radius 2 is 2.08 bits per heavy atom. The van der Waals surface area contributed by atoms with Crippen LogP contribution in [0.2, 0.25) is 0 Å². The Morgan fingerprint density at radius 1 is 1.24 bits per heavy atom. The Labute approximate surface area is 149 Å². The van der Waals surface area contributed by atoms with Crippen molar-refractivity contribution in [2.24, 2.45) is 0 Å². The van der Waals surface area contributed by atoms with E-state index >= 15 is 0 Å². The Hall–Kier alpha value is -2.50. The molecule has 2 rings (SSSR count). The SMILES string of the molecule is CN(C)C(=O)COc1cccc(NC(=O)NCCC2=CCCCC2)c1. The van der Waals surface area contributed by atoms with Gasteiger partial charge in [0.15, 0.2) is 6.61 Å². The van der Waals surface area contributed by atoms with Gasteiger partial charge in [0.05, 0.1) is 0 Å². The minimum absolute atomic E-state index is 0.0300. The summed E-state index contributed by atoms with van der Waals surface area (Å²) in [6.45, 7) is 0.600. The molecule has 0 bridgehead atoms. The first-order chi connectivity index (χ1) is 12.0. The van der Waals surface area contributed by atoms with Crippen molar-refractivity contribution in [3.63, 3.8) is 0 Å². The number of ether oxygens (including phenoxy) is 1. The van der Waals surface area contributed by atoms with Gasteiger partial charge in [-0.3, -0.25) is 4.79 Å². The molecule has 0 saturated carbocycles. The van der Waals surface area contributed by atoms with Crippen LogP contribution in [-0.4, -0.2) is 44.1 Å². The summed E-state index contributed by atoms with van der Waals surface area (Å²) >= 11 is 0. The van der Waals surface area contributed by atoms with Gasteiger partial charge in [-0.2, -0.15) is 0 Å². The van der Waals surface area contributed by atoms with E-state index in [1.54, 1.807) is 38.4 Å². The van der Waals surface area contributed by atoms with Crippen molar-refractivity contribution in [1.29, 1.82) is 0 Å². The second-order valence-corrected chi connectivity index (χ2v) is 6.34. The number of nitrogens with one attached hydrogen (secondary N) is 2. The van der Waals surface area contributed by atoms with Crippen LogP contribution in [0.1, 0.15) is 32.1 Å². The van der Waals surface area contributed by atoms with Gasteiger partial charge in [0.1, 0.15) is 5.75 Å². The molecule has 6 nitrogen and oxygen atoms in total. The summed E-state index contributed by atoms with van der Waals surface area (Å²) in [5.41, 5.74) is 2.07. The molecule has 0 unspecified atom stereocenters. The maximum Gasteiger partial charge on any atom is 0.319 e. The maximum absolute atomic E-state index is 12.0.